The molecule has 1 aliphatic heterocycles. The van der Waals surface area contributed by atoms with Crippen LogP contribution in [0.4, 0.5) is 0 Å². The SMILES string of the molecule is O=S(=O)(NCCCCCBr)C1CCOCC1. The monoisotopic (exact) mass is 313 g/mol. The minimum absolute atomic E-state index is 0.252. The number of rotatable bonds is 7. The Hall–Kier alpha value is 0.350. The highest BCUT2D eigenvalue weighted by Gasteiger charge is 2.26. The van der Waals surface area contributed by atoms with Crippen LogP contribution in [-0.2, 0) is 14.8 Å². The Morgan fingerprint density at radius 2 is 1.88 bits per heavy atom. The molecule has 0 bridgehead atoms. The molecule has 0 aromatic rings. The summed E-state index contributed by atoms with van der Waals surface area (Å²) in [5.74, 6) is 0. The van der Waals surface area contributed by atoms with Crippen molar-refractivity contribution < 1.29 is 13.2 Å². The standard InChI is InChI=1S/C10H20BrNO3S/c11-6-2-1-3-7-12-16(13,14)10-4-8-15-9-5-10/h10,12H,1-9H2. The Kier molecular flexibility index (Phi) is 6.87. The van der Waals surface area contributed by atoms with Gasteiger partial charge in [-0.05, 0) is 25.7 Å². The molecule has 1 rings (SSSR count). The molecule has 0 atom stereocenters. The van der Waals surface area contributed by atoms with Crippen molar-refractivity contribution in [2.75, 3.05) is 25.1 Å². The van der Waals surface area contributed by atoms with Crippen LogP contribution in [0.2, 0.25) is 0 Å². The summed E-state index contributed by atoms with van der Waals surface area (Å²) >= 11 is 3.35. The van der Waals surface area contributed by atoms with E-state index in [1.165, 1.54) is 0 Å². The Bertz CT molecular complexity index is 276. The predicted octanol–water partition coefficient (Wildman–Crippen LogP) is 1.65. The molecule has 1 fully saturated rings. The number of ether oxygens (including phenoxy) is 1. The van der Waals surface area contributed by atoms with Gasteiger partial charge in [0.15, 0.2) is 0 Å². The minimum Gasteiger partial charge on any atom is -0.381 e. The number of hydrogen-bond acceptors (Lipinski definition) is 3. The first-order chi connectivity index (χ1) is 7.67. The second-order valence-corrected chi connectivity index (χ2v) is 6.84. The van der Waals surface area contributed by atoms with Gasteiger partial charge in [-0.2, -0.15) is 0 Å². The molecule has 4 nitrogen and oxygen atoms in total. The summed E-state index contributed by atoms with van der Waals surface area (Å²) in [7, 11) is -3.11. The number of alkyl halides is 1. The summed E-state index contributed by atoms with van der Waals surface area (Å²) in [6, 6.07) is 0. The lowest BCUT2D eigenvalue weighted by molar-refractivity contribution is 0.0981. The van der Waals surface area contributed by atoms with Crippen molar-refractivity contribution in [2.45, 2.75) is 37.4 Å². The largest absolute Gasteiger partial charge is 0.381 e. The number of nitrogens with one attached hydrogen (secondary N) is 1. The number of hydrogen-bond donors (Lipinski definition) is 1. The molecule has 96 valence electrons. The number of unbranched alkanes of at least 4 members (excludes halogenated alkanes) is 2. The average Bonchev–Trinajstić information content (AvgIpc) is 2.30. The van der Waals surface area contributed by atoms with E-state index in [4.69, 9.17) is 4.74 Å². The second kappa shape index (κ2) is 7.63. The van der Waals surface area contributed by atoms with E-state index in [2.05, 4.69) is 20.7 Å². The first-order valence-electron chi connectivity index (χ1n) is 5.79. The Labute approximate surface area is 106 Å². The first-order valence-corrected chi connectivity index (χ1v) is 8.46. The fourth-order valence-electron chi connectivity index (χ4n) is 1.71. The molecule has 0 aliphatic carbocycles. The lowest BCUT2D eigenvalue weighted by atomic mass is 10.2. The van der Waals surface area contributed by atoms with Gasteiger partial charge in [-0.25, -0.2) is 13.1 Å². The van der Waals surface area contributed by atoms with Crippen molar-refractivity contribution in [3.05, 3.63) is 0 Å². The maximum atomic E-state index is 11.8. The van der Waals surface area contributed by atoms with Crippen LogP contribution in [0.1, 0.15) is 32.1 Å². The topological polar surface area (TPSA) is 55.4 Å². The van der Waals surface area contributed by atoms with Crippen molar-refractivity contribution >= 4 is 26.0 Å². The smallest absolute Gasteiger partial charge is 0.214 e. The molecule has 0 aromatic carbocycles. The van der Waals surface area contributed by atoms with Crippen LogP contribution in [0, 0.1) is 0 Å². The number of halogens is 1. The minimum atomic E-state index is -3.11. The Balaban J connectivity index is 2.22. The van der Waals surface area contributed by atoms with Gasteiger partial charge in [0.05, 0.1) is 5.25 Å². The zero-order chi connectivity index (χ0) is 11.9. The molecule has 0 saturated carbocycles. The van der Waals surface area contributed by atoms with Crippen LogP contribution < -0.4 is 4.72 Å². The van der Waals surface area contributed by atoms with E-state index in [0.29, 0.717) is 32.6 Å². The van der Waals surface area contributed by atoms with E-state index < -0.39 is 10.0 Å². The van der Waals surface area contributed by atoms with E-state index in [0.717, 1.165) is 24.6 Å². The fourth-order valence-corrected chi connectivity index (χ4v) is 3.59. The van der Waals surface area contributed by atoms with Crippen molar-refractivity contribution in [1.29, 1.82) is 0 Å². The molecule has 1 N–H and O–H groups in total. The molecule has 0 radical (unpaired) electrons. The summed E-state index contributed by atoms with van der Waals surface area (Å²) in [4.78, 5) is 0. The van der Waals surface area contributed by atoms with Crippen molar-refractivity contribution in [1.82, 2.24) is 4.72 Å². The van der Waals surface area contributed by atoms with Gasteiger partial charge in [-0.15, -0.1) is 0 Å². The third-order valence-electron chi connectivity index (χ3n) is 2.72. The molecule has 0 unspecified atom stereocenters. The molecule has 0 amide bonds. The molecule has 0 spiro atoms. The fraction of sp³-hybridized carbons (Fsp3) is 1.00. The highest BCUT2D eigenvalue weighted by atomic mass is 79.9. The molecule has 1 heterocycles. The average molecular weight is 314 g/mol. The van der Waals surface area contributed by atoms with Crippen LogP contribution >= 0.6 is 15.9 Å². The molecule has 16 heavy (non-hydrogen) atoms. The predicted molar refractivity (Wildman–Crippen MR) is 68.4 cm³/mol. The van der Waals surface area contributed by atoms with Gasteiger partial charge in [0, 0.05) is 25.1 Å². The molecular formula is C10H20BrNO3S. The van der Waals surface area contributed by atoms with Crippen molar-refractivity contribution in [2.24, 2.45) is 0 Å². The van der Waals surface area contributed by atoms with Crippen LogP contribution in [0.25, 0.3) is 0 Å². The van der Waals surface area contributed by atoms with E-state index in [9.17, 15) is 8.42 Å². The van der Waals surface area contributed by atoms with Gasteiger partial charge in [-0.3, -0.25) is 0 Å². The highest BCUT2D eigenvalue weighted by Crippen LogP contribution is 2.14. The van der Waals surface area contributed by atoms with Crippen LogP contribution in [0.5, 0.6) is 0 Å². The van der Waals surface area contributed by atoms with Crippen molar-refractivity contribution in [3.63, 3.8) is 0 Å². The lowest BCUT2D eigenvalue weighted by Crippen LogP contribution is -2.38. The molecule has 1 saturated heterocycles. The summed E-state index contributed by atoms with van der Waals surface area (Å²) in [5.41, 5.74) is 0. The Morgan fingerprint density at radius 1 is 1.19 bits per heavy atom. The maximum Gasteiger partial charge on any atom is 0.214 e. The zero-order valence-corrected chi connectivity index (χ0v) is 11.9. The number of sulfonamides is 1. The maximum absolute atomic E-state index is 11.8. The summed E-state index contributed by atoms with van der Waals surface area (Å²) < 4.78 is 31.5. The normalized spacial score (nSPS) is 18.8. The summed E-state index contributed by atoms with van der Waals surface area (Å²) in [6.45, 7) is 1.69. The van der Waals surface area contributed by atoms with Gasteiger partial charge >= 0.3 is 0 Å². The molecule has 0 aromatic heterocycles. The van der Waals surface area contributed by atoms with Gasteiger partial charge in [0.2, 0.25) is 10.0 Å². The van der Waals surface area contributed by atoms with Crippen LogP contribution in [0.3, 0.4) is 0 Å². The molecule has 1 aliphatic rings. The summed E-state index contributed by atoms with van der Waals surface area (Å²) in [6.07, 6.45) is 4.31. The van der Waals surface area contributed by atoms with E-state index in [1.807, 2.05) is 0 Å². The lowest BCUT2D eigenvalue weighted by Gasteiger charge is -2.22. The quantitative estimate of drug-likeness (QED) is 0.574. The van der Waals surface area contributed by atoms with Gasteiger partial charge in [0.25, 0.3) is 0 Å². The molecule has 6 heteroatoms. The van der Waals surface area contributed by atoms with Crippen LogP contribution in [0.15, 0.2) is 0 Å². The van der Waals surface area contributed by atoms with Gasteiger partial charge < -0.3 is 4.74 Å². The van der Waals surface area contributed by atoms with E-state index in [1.54, 1.807) is 0 Å². The zero-order valence-electron chi connectivity index (χ0n) is 9.45. The van der Waals surface area contributed by atoms with E-state index >= 15 is 0 Å². The van der Waals surface area contributed by atoms with E-state index in [-0.39, 0.29) is 5.25 Å². The van der Waals surface area contributed by atoms with Crippen LogP contribution in [-0.4, -0.2) is 38.8 Å². The van der Waals surface area contributed by atoms with Gasteiger partial charge in [-0.1, -0.05) is 22.4 Å². The Morgan fingerprint density at radius 3 is 2.50 bits per heavy atom. The second-order valence-electron chi connectivity index (χ2n) is 4.00. The molecular weight excluding hydrogens is 294 g/mol. The summed E-state index contributed by atoms with van der Waals surface area (Å²) in [5, 5.41) is 0.733. The van der Waals surface area contributed by atoms with Gasteiger partial charge in [0.1, 0.15) is 0 Å². The first kappa shape index (κ1) is 14.4. The third kappa shape index (κ3) is 5.12. The van der Waals surface area contributed by atoms with Crippen molar-refractivity contribution in [3.8, 4) is 0 Å². The third-order valence-corrected chi connectivity index (χ3v) is 5.24. The highest BCUT2D eigenvalue weighted by molar-refractivity contribution is 9.09.